The van der Waals surface area contributed by atoms with E-state index in [1.54, 1.807) is 23.1 Å². The summed E-state index contributed by atoms with van der Waals surface area (Å²) in [6.07, 6.45) is 1.52. The minimum Gasteiger partial charge on any atom is -0.337 e. The monoisotopic (exact) mass is 357 g/mol. The van der Waals surface area contributed by atoms with Gasteiger partial charge in [-0.3, -0.25) is 9.10 Å². The minimum absolute atomic E-state index is 0.102. The van der Waals surface area contributed by atoms with E-state index in [1.165, 1.54) is 4.31 Å². The topological polar surface area (TPSA) is 69.7 Å². The number of nitrogens with one attached hydrogen (secondary N) is 1. The number of nitrogens with zero attached hydrogens (tertiary/aromatic N) is 2. The predicted octanol–water partition coefficient (Wildman–Crippen LogP) is 1.32. The predicted molar refractivity (Wildman–Crippen MR) is 90.6 cm³/mol. The summed E-state index contributed by atoms with van der Waals surface area (Å²) in [5.41, 5.74) is 0.954. The van der Waals surface area contributed by atoms with Crippen LogP contribution in [0.25, 0.3) is 0 Å². The Bertz CT molecular complexity index is 700. The van der Waals surface area contributed by atoms with Gasteiger partial charge in [0.05, 0.1) is 22.0 Å². The lowest BCUT2D eigenvalue weighted by molar-refractivity contribution is 0.0766. The molecule has 126 valence electrons. The number of anilines is 1. The Morgan fingerprint density at radius 3 is 2.65 bits per heavy atom. The van der Waals surface area contributed by atoms with Crippen LogP contribution in [-0.2, 0) is 10.0 Å². The summed E-state index contributed by atoms with van der Waals surface area (Å²) >= 11 is 6.27. The molecule has 1 aromatic rings. The maximum absolute atomic E-state index is 12.6. The molecule has 0 unspecified atom stereocenters. The number of sulfonamides is 1. The Hall–Kier alpha value is -1.31. The van der Waals surface area contributed by atoms with Gasteiger partial charge in [0.1, 0.15) is 0 Å². The average Bonchev–Trinajstić information content (AvgIpc) is 2.73. The number of benzene rings is 1. The first kappa shape index (κ1) is 16.5. The van der Waals surface area contributed by atoms with Crippen LogP contribution in [-0.4, -0.2) is 57.7 Å². The van der Waals surface area contributed by atoms with Gasteiger partial charge in [0.2, 0.25) is 10.0 Å². The molecule has 0 aromatic heterocycles. The molecule has 8 heteroatoms. The molecular formula is C15H20ClN3O3S. The zero-order valence-electron chi connectivity index (χ0n) is 12.8. The van der Waals surface area contributed by atoms with Gasteiger partial charge in [-0.15, -0.1) is 0 Å². The van der Waals surface area contributed by atoms with Gasteiger partial charge in [-0.1, -0.05) is 11.6 Å². The van der Waals surface area contributed by atoms with E-state index in [-0.39, 0.29) is 11.7 Å². The van der Waals surface area contributed by atoms with E-state index in [0.29, 0.717) is 42.3 Å². The molecule has 2 heterocycles. The number of hydrogen-bond acceptors (Lipinski definition) is 4. The van der Waals surface area contributed by atoms with Crippen molar-refractivity contribution in [2.75, 3.05) is 42.8 Å². The summed E-state index contributed by atoms with van der Waals surface area (Å²) in [6, 6.07) is 4.87. The van der Waals surface area contributed by atoms with Crippen LogP contribution in [0.15, 0.2) is 18.2 Å². The highest BCUT2D eigenvalue weighted by molar-refractivity contribution is 7.93. The number of halogens is 1. The number of amides is 1. The molecule has 6 nitrogen and oxygen atoms in total. The molecule has 0 spiro atoms. The van der Waals surface area contributed by atoms with Crippen molar-refractivity contribution in [1.29, 1.82) is 0 Å². The Labute approximate surface area is 141 Å². The van der Waals surface area contributed by atoms with Crippen molar-refractivity contribution in [3.8, 4) is 0 Å². The fourth-order valence-electron chi connectivity index (χ4n) is 2.98. The molecule has 0 atom stereocenters. The van der Waals surface area contributed by atoms with Crippen molar-refractivity contribution in [2.24, 2.45) is 0 Å². The Kier molecular flexibility index (Phi) is 4.79. The van der Waals surface area contributed by atoms with Gasteiger partial charge in [-0.2, -0.15) is 0 Å². The second kappa shape index (κ2) is 6.67. The summed E-state index contributed by atoms with van der Waals surface area (Å²) in [5, 5.41) is 3.55. The zero-order chi connectivity index (χ0) is 16.4. The molecule has 0 aliphatic carbocycles. The van der Waals surface area contributed by atoms with Gasteiger partial charge in [0, 0.05) is 26.2 Å². The van der Waals surface area contributed by atoms with Gasteiger partial charge in [0.25, 0.3) is 5.91 Å². The summed E-state index contributed by atoms with van der Waals surface area (Å²) in [5.74, 6) is 0.0565. The molecule has 2 aliphatic rings. The van der Waals surface area contributed by atoms with E-state index in [0.717, 1.165) is 19.5 Å². The lowest BCUT2D eigenvalue weighted by Gasteiger charge is -2.22. The summed E-state index contributed by atoms with van der Waals surface area (Å²) in [7, 11) is -3.24. The van der Waals surface area contributed by atoms with E-state index >= 15 is 0 Å². The largest absolute Gasteiger partial charge is 0.337 e. The third-order valence-corrected chi connectivity index (χ3v) is 6.38. The molecule has 1 aromatic carbocycles. The first-order chi connectivity index (χ1) is 11.0. The molecule has 0 radical (unpaired) electrons. The van der Waals surface area contributed by atoms with E-state index in [4.69, 9.17) is 11.6 Å². The van der Waals surface area contributed by atoms with Crippen molar-refractivity contribution in [2.45, 2.75) is 12.8 Å². The van der Waals surface area contributed by atoms with Gasteiger partial charge < -0.3 is 10.2 Å². The highest BCUT2D eigenvalue weighted by atomic mass is 35.5. The summed E-state index contributed by atoms with van der Waals surface area (Å²) in [6.45, 7) is 3.49. The van der Waals surface area contributed by atoms with Crippen LogP contribution in [0.3, 0.4) is 0 Å². The summed E-state index contributed by atoms with van der Waals surface area (Å²) in [4.78, 5) is 14.4. The van der Waals surface area contributed by atoms with Gasteiger partial charge in [-0.25, -0.2) is 8.42 Å². The van der Waals surface area contributed by atoms with E-state index in [1.807, 2.05) is 0 Å². The van der Waals surface area contributed by atoms with Gasteiger partial charge in [0.15, 0.2) is 0 Å². The first-order valence-electron chi connectivity index (χ1n) is 7.79. The highest BCUT2D eigenvalue weighted by Crippen LogP contribution is 2.29. The number of hydrogen-bond donors (Lipinski definition) is 1. The molecule has 0 bridgehead atoms. The lowest BCUT2D eigenvalue weighted by atomic mass is 10.1. The highest BCUT2D eigenvalue weighted by Gasteiger charge is 2.29. The van der Waals surface area contributed by atoms with Crippen LogP contribution in [0.5, 0.6) is 0 Å². The Morgan fingerprint density at radius 1 is 1.13 bits per heavy atom. The molecule has 23 heavy (non-hydrogen) atoms. The van der Waals surface area contributed by atoms with Gasteiger partial charge in [-0.05, 0) is 37.6 Å². The van der Waals surface area contributed by atoms with Crippen molar-refractivity contribution in [1.82, 2.24) is 10.2 Å². The molecular weight excluding hydrogens is 338 g/mol. The Morgan fingerprint density at radius 2 is 1.96 bits per heavy atom. The third-order valence-electron chi connectivity index (χ3n) is 4.20. The van der Waals surface area contributed by atoms with Crippen molar-refractivity contribution in [3.05, 3.63) is 28.8 Å². The SMILES string of the molecule is O=C(c1ccc(N2CCCS2(=O)=O)cc1Cl)N1CCCNCC1. The average molecular weight is 358 g/mol. The molecule has 1 N–H and O–H groups in total. The van der Waals surface area contributed by atoms with E-state index < -0.39 is 10.0 Å². The van der Waals surface area contributed by atoms with E-state index in [2.05, 4.69) is 5.32 Å². The maximum Gasteiger partial charge on any atom is 0.255 e. The molecule has 3 rings (SSSR count). The molecule has 2 fully saturated rings. The second-order valence-corrected chi connectivity index (χ2v) is 8.22. The number of carbonyl (C=O) groups excluding carboxylic acids is 1. The second-order valence-electron chi connectivity index (χ2n) is 5.80. The molecule has 2 saturated heterocycles. The van der Waals surface area contributed by atoms with Crippen molar-refractivity contribution in [3.63, 3.8) is 0 Å². The van der Waals surface area contributed by atoms with Crippen LogP contribution >= 0.6 is 11.6 Å². The van der Waals surface area contributed by atoms with Crippen molar-refractivity contribution < 1.29 is 13.2 Å². The van der Waals surface area contributed by atoms with E-state index in [9.17, 15) is 13.2 Å². The maximum atomic E-state index is 12.6. The van der Waals surface area contributed by atoms with Crippen LogP contribution < -0.4 is 9.62 Å². The molecule has 1 amide bonds. The first-order valence-corrected chi connectivity index (χ1v) is 9.78. The lowest BCUT2D eigenvalue weighted by Crippen LogP contribution is -2.34. The van der Waals surface area contributed by atoms with Crippen LogP contribution in [0.4, 0.5) is 5.69 Å². The smallest absolute Gasteiger partial charge is 0.255 e. The van der Waals surface area contributed by atoms with Crippen LogP contribution in [0.1, 0.15) is 23.2 Å². The number of carbonyl (C=O) groups is 1. The van der Waals surface area contributed by atoms with Crippen LogP contribution in [0, 0.1) is 0 Å². The standard InChI is InChI=1S/C15H20ClN3O3S/c16-14-11-12(19-8-2-10-23(19,21)22)3-4-13(14)15(20)18-7-1-5-17-6-9-18/h3-4,11,17H,1-2,5-10H2. The fraction of sp³-hybridized carbons (Fsp3) is 0.533. The quantitative estimate of drug-likeness (QED) is 0.866. The zero-order valence-corrected chi connectivity index (χ0v) is 14.4. The Balaban J connectivity index is 1.83. The molecule has 2 aliphatic heterocycles. The molecule has 0 saturated carbocycles. The van der Waals surface area contributed by atoms with Crippen molar-refractivity contribution >= 4 is 33.2 Å². The minimum atomic E-state index is -3.24. The van der Waals surface area contributed by atoms with Gasteiger partial charge >= 0.3 is 0 Å². The summed E-state index contributed by atoms with van der Waals surface area (Å²) < 4.78 is 25.3. The fourth-order valence-corrected chi connectivity index (χ4v) is 4.79. The third kappa shape index (κ3) is 3.46. The number of rotatable bonds is 2. The normalized spacial score (nSPS) is 21.3. The van der Waals surface area contributed by atoms with Crippen LogP contribution in [0.2, 0.25) is 5.02 Å².